The smallest absolute Gasteiger partial charge is 0.195 e. The molecule has 3 nitrogen and oxygen atoms in total. The molecular weight excluding hydrogens is 388 g/mol. The van der Waals surface area contributed by atoms with Crippen molar-refractivity contribution in [3.8, 4) is 0 Å². The molecule has 0 bridgehead atoms. The molecule has 0 spiro atoms. The van der Waals surface area contributed by atoms with Crippen molar-refractivity contribution in [3.05, 3.63) is 94.0 Å². The second kappa shape index (κ2) is 6.83. The van der Waals surface area contributed by atoms with Crippen molar-refractivity contribution in [1.82, 2.24) is 0 Å². The Morgan fingerprint density at radius 2 is 1.35 bits per heavy atom. The van der Waals surface area contributed by atoms with Crippen molar-refractivity contribution in [2.24, 2.45) is 0 Å². The van der Waals surface area contributed by atoms with E-state index in [1.54, 1.807) is 66.7 Å². The van der Waals surface area contributed by atoms with Gasteiger partial charge >= 0.3 is 0 Å². The summed E-state index contributed by atoms with van der Waals surface area (Å²) in [5.41, 5.74) is 1.27. The highest BCUT2D eigenvalue weighted by atomic mass is 35.5. The van der Waals surface area contributed by atoms with E-state index in [2.05, 4.69) is 0 Å². The molecule has 0 aromatic heterocycles. The summed E-state index contributed by atoms with van der Waals surface area (Å²) in [5.74, 6) is -0.485. The van der Waals surface area contributed by atoms with Crippen LogP contribution < -0.4 is 0 Å². The first-order valence-electron chi connectivity index (χ1n) is 7.73. The molecule has 0 N–H and O–H groups in total. The van der Waals surface area contributed by atoms with Gasteiger partial charge in [-0.15, -0.1) is 0 Å². The minimum Gasteiger partial charge on any atom is -0.289 e. The number of carbonyl (C=O) groups is 2. The van der Waals surface area contributed by atoms with Gasteiger partial charge in [-0.2, -0.15) is 0 Å². The first kappa shape index (κ1) is 17.2. The van der Waals surface area contributed by atoms with E-state index in [4.69, 9.17) is 11.6 Å². The van der Waals surface area contributed by atoms with Crippen LogP contribution in [-0.2, 0) is 9.83 Å². The normalized spacial score (nSPS) is 13.9. The molecule has 4 rings (SSSR count). The third-order valence-corrected chi connectivity index (χ3v) is 7.22. The number of hydrogen-bond donors (Lipinski definition) is 0. The van der Waals surface area contributed by atoms with Gasteiger partial charge in [0.2, 0.25) is 0 Å². The quantitative estimate of drug-likeness (QED) is 0.459. The maximum Gasteiger partial charge on any atom is 0.195 e. The fourth-order valence-corrected chi connectivity index (χ4v) is 5.62. The average molecular weight is 399 g/mol. The first-order chi connectivity index (χ1) is 12.6. The molecule has 0 amide bonds. The second-order valence-corrected chi connectivity index (χ2v) is 9.05. The van der Waals surface area contributed by atoms with Crippen molar-refractivity contribution in [3.63, 3.8) is 0 Å². The number of benzene rings is 3. The molecule has 3 aromatic carbocycles. The van der Waals surface area contributed by atoms with E-state index >= 15 is 0 Å². The highest BCUT2D eigenvalue weighted by Crippen LogP contribution is 2.35. The molecule has 1 aliphatic carbocycles. The van der Waals surface area contributed by atoms with E-state index < -0.39 is 9.83 Å². The largest absolute Gasteiger partial charge is 0.289 e. The zero-order valence-corrected chi connectivity index (χ0v) is 15.7. The predicted octanol–water partition coefficient (Wildman–Crippen LogP) is 4.93. The molecular formula is C20H11ClO3S2. The van der Waals surface area contributed by atoms with E-state index in [1.165, 1.54) is 0 Å². The summed E-state index contributed by atoms with van der Waals surface area (Å²) < 4.78 is 12.9. The van der Waals surface area contributed by atoms with Crippen LogP contribution in [0.15, 0.2) is 76.5 Å². The van der Waals surface area contributed by atoms with Crippen LogP contribution in [0.1, 0.15) is 31.8 Å². The van der Waals surface area contributed by atoms with Crippen LogP contribution in [0.5, 0.6) is 0 Å². The molecule has 0 fully saturated rings. The monoisotopic (exact) mass is 398 g/mol. The predicted molar refractivity (Wildman–Crippen MR) is 103 cm³/mol. The highest BCUT2D eigenvalue weighted by molar-refractivity contribution is 8.69. The van der Waals surface area contributed by atoms with Crippen LogP contribution in [0.25, 0.3) is 0 Å². The summed E-state index contributed by atoms with van der Waals surface area (Å²) in [7, 11) is -0.430. The number of carbonyl (C=O) groups excluding carboxylic acids is 2. The van der Waals surface area contributed by atoms with Gasteiger partial charge in [-0.3, -0.25) is 9.59 Å². The van der Waals surface area contributed by atoms with Gasteiger partial charge in [0.05, 0.1) is 10.5 Å². The zero-order chi connectivity index (χ0) is 18.3. The topological polar surface area (TPSA) is 51.2 Å². The van der Waals surface area contributed by atoms with Crippen LogP contribution in [0.4, 0.5) is 0 Å². The molecule has 0 heterocycles. The van der Waals surface area contributed by atoms with Gasteiger partial charge in [0, 0.05) is 26.6 Å². The van der Waals surface area contributed by atoms with Crippen molar-refractivity contribution in [2.45, 2.75) is 9.79 Å². The third kappa shape index (κ3) is 2.92. The van der Waals surface area contributed by atoms with Crippen LogP contribution in [0.3, 0.4) is 0 Å². The SMILES string of the molecule is O=C1c2ccccc2C(=O)c2c1cccc2S(=O)Sc1ccc(Cl)cc1. The van der Waals surface area contributed by atoms with Crippen LogP contribution >= 0.6 is 22.4 Å². The number of fused-ring (bicyclic) bond motifs is 2. The van der Waals surface area contributed by atoms with E-state index in [-0.39, 0.29) is 17.1 Å². The number of rotatable bonds is 3. The van der Waals surface area contributed by atoms with E-state index in [9.17, 15) is 13.8 Å². The highest BCUT2D eigenvalue weighted by Gasteiger charge is 2.32. The van der Waals surface area contributed by atoms with Crippen molar-refractivity contribution in [1.29, 1.82) is 0 Å². The molecule has 0 saturated carbocycles. The fraction of sp³-hybridized carbons (Fsp3) is 0. The van der Waals surface area contributed by atoms with Gasteiger partial charge in [0.25, 0.3) is 0 Å². The minimum absolute atomic E-state index is 0.217. The van der Waals surface area contributed by atoms with Crippen molar-refractivity contribution < 1.29 is 13.8 Å². The summed E-state index contributed by atoms with van der Waals surface area (Å²) in [6, 6.07) is 18.6. The molecule has 3 aromatic rings. The Morgan fingerprint density at radius 3 is 2.04 bits per heavy atom. The summed E-state index contributed by atoms with van der Waals surface area (Å²) in [6.07, 6.45) is 0. The average Bonchev–Trinajstić information content (AvgIpc) is 2.67. The minimum atomic E-state index is -1.54. The maximum atomic E-state index is 13.0. The van der Waals surface area contributed by atoms with Crippen LogP contribution in [-0.4, -0.2) is 15.8 Å². The molecule has 26 heavy (non-hydrogen) atoms. The van der Waals surface area contributed by atoms with E-state index in [0.29, 0.717) is 26.6 Å². The lowest BCUT2D eigenvalue weighted by Crippen LogP contribution is -2.22. The van der Waals surface area contributed by atoms with Gasteiger partial charge < -0.3 is 0 Å². The lowest BCUT2D eigenvalue weighted by atomic mass is 9.84. The second-order valence-electron chi connectivity index (χ2n) is 5.65. The first-order valence-corrected chi connectivity index (χ1v) is 10.6. The Bertz CT molecular complexity index is 1070. The molecule has 1 aliphatic rings. The van der Waals surface area contributed by atoms with Gasteiger partial charge in [-0.1, -0.05) is 48.0 Å². The third-order valence-electron chi connectivity index (χ3n) is 4.08. The zero-order valence-electron chi connectivity index (χ0n) is 13.3. The Hall–Kier alpha value is -2.21. The summed E-state index contributed by atoms with van der Waals surface area (Å²) in [4.78, 5) is 26.8. The van der Waals surface area contributed by atoms with Crippen LogP contribution in [0.2, 0.25) is 5.02 Å². The summed E-state index contributed by atoms with van der Waals surface area (Å²) in [6.45, 7) is 0. The lowest BCUT2D eigenvalue weighted by molar-refractivity contribution is 0.0977. The number of halogens is 1. The van der Waals surface area contributed by atoms with Crippen molar-refractivity contribution >= 4 is 43.8 Å². The van der Waals surface area contributed by atoms with E-state index in [0.717, 1.165) is 15.7 Å². The summed E-state index contributed by atoms with van der Waals surface area (Å²) in [5, 5.41) is 0.592. The summed E-state index contributed by atoms with van der Waals surface area (Å²) >= 11 is 5.88. The maximum absolute atomic E-state index is 13.0. The van der Waals surface area contributed by atoms with Gasteiger partial charge in [0.15, 0.2) is 11.6 Å². The Balaban J connectivity index is 1.78. The number of hydrogen-bond acceptors (Lipinski definition) is 4. The molecule has 6 heteroatoms. The molecule has 1 unspecified atom stereocenters. The van der Waals surface area contributed by atoms with Crippen molar-refractivity contribution in [2.75, 3.05) is 0 Å². The van der Waals surface area contributed by atoms with Gasteiger partial charge in [0.1, 0.15) is 9.83 Å². The molecule has 0 aliphatic heterocycles. The van der Waals surface area contributed by atoms with Crippen LogP contribution in [0, 0.1) is 0 Å². The Labute approximate surface area is 161 Å². The molecule has 0 saturated heterocycles. The standard InChI is InChI=1S/C20H11ClO3S2/c21-12-8-10-13(11-9-12)25-26(24)17-7-3-6-16-18(17)20(23)15-5-2-1-4-14(15)19(16)22/h1-11H. The Kier molecular flexibility index (Phi) is 4.53. The molecule has 1 atom stereocenters. The molecule has 128 valence electrons. The number of ketones is 2. The molecule has 0 radical (unpaired) electrons. The van der Waals surface area contributed by atoms with E-state index in [1.807, 2.05) is 0 Å². The fourth-order valence-electron chi connectivity index (χ4n) is 2.87. The Morgan fingerprint density at radius 1 is 0.731 bits per heavy atom. The van der Waals surface area contributed by atoms with Gasteiger partial charge in [-0.25, -0.2) is 4.21 Å². The lowest BCUT2D eigenvalue weighted by Gasteiger charge is -2.19. The van der Waals surface area contributed by atoms with Gasteiger partial charge in [-0.05, 0) is 41.1 Å².